The third-order valence-electron chi connectivity index (χ3n) is 5.63. The highest BCUT2D eigenvalue weighted by Crippen LogP contribution is 2.32. The third-order valence-corrected chi connectivity index (χ3v) is 5.63. The molecule has 164 valence electrons. The second kappa shape index (κ2) is 9.12. The Labute approximate surface area is 191 Å². The second-order valence-electron chi connectivity index (χ2n) is 8.04. The summed E-state index contributed by atoms with van der Waals surface area (Å²) in [5, 5.41) is 3.05. The van der Waals surface area contributed by atoms with Gasteiger partial charge in [0, 0.05) is 29.7 Å². The van der Waals surface area contributed by atoms with Gasteiger partial charge in [-0.2, -0.15) is 0 Å². The first-order valence-corrected chi connectivity index (χ1v) is 10.9. The highest BCUT2D eigenvalue weighted by Gasteiger charge is 2.37. The number of rotatable bonds is 7. The van der Waals surface area contributed by atoms with Crippen molar-refractivity contribution in [2.24, 2.45) is 0 Å². The minimum atomic E-state index is -0.889. The van der Waals surface area contributed by atoms with Gasteiger partial charge in [-0.1, -0.05) is 48.5 Å². The molecule has 1 N–H and O–H groups in total. The Morgan fingerprint density at radius 1 is 0.909 bits per heavy atom. The molecule has 1 aliphatic rings. The van der Waals surface area contributed by atoms with Crippen molar-refractivity contribution in [3.05, 3.63) is 109 Å². The molecule has 6 heteroatoms. The largest absolute Gasteiger partial charge is 0.459 e. The van der Waals surface area contributed by atoms with E-state index in [-0.39, 0.29) is 17.7 Å². The molecule has 2 aromatic heterocycles. The molecule has 33 heavy (non-hydrogen) atoms. The van der Waals surface area contributed by atoms with Crippen LogP contribution in [0, 0.1) is 0 Å². The molecule has 5 rings (SSSR count). The molecule has 1 unspecified atom stereocenters. The van der Waals surface area contributed by atoms with Crippen LogP contribution in [0.5, 0.6) is 0 Å². The third kappa shape index (κ3) is 4.55. The zero-order chi connectivity index (χ0) is 22.6. The van der Waals surface area contributed by atoms with E-state index < -0.39 is 11.9 Å². The molecule has 1 fully saturated rings. The predicted octanol–water partition coefficient (Wildman–Crippen LogP) is 5.01. The summed E-state index contributed by atoms with van der Waals surface area (Å²) < 4.78 is 5.41. The predicted molar refractivity (Wildman–Crippen MR) is 126 cm³/mol. The number of amides is 2. The summed E-state index contributed by atoms with van der Waals surface area (Å²) in [5.41, 5.74) is 3.31. The number of aromatic nitrogens is 1. The molecule has 2 heterocycles. The highest BCUT2D eigenvalue weighted by molar-refractivity contribution is 6.08. The van der Waals surface area contributed by atoms with Gasteiger partial charge in [-0.3, -0.25) is 19.5 Å². The van der Waals surface area contributed by atoms with Crippen LogP contribution in [-0.2, 0) is 4.79 Å². The van der Waals surface area contributed by atoms with Gasteiger partial charge in [0.05, 0.1) is 6.26 Å². The first-order valence-electron chi connectivity index (χ1n) is 10.9. The maximum atomic E-state index is 13.6. The van der Waals surface area contributed by atoms with Crippen molar-refractivity contribution in [2.75, 3.05) is 4.90 Å². The number of hydrogen-bond donors (Lipinski definition) is 1. The fraction of sp³-hybridized carbons (Fsp3) is 0.148. The lowest BCUT2D eigenvalue weighted by Crippen LogP contribution is -2.44. The van der Waals surface area contributed by atoms with Crippen molar-refractivity contribution in [3.63, 3.8) is 0 Å². The van der Waals surface area contributed by atoms with Crippen molar-refractivity contribution in [1.82, 2.24) is 10.3 Å². The fourth-order valence-electron chi connectivity index (χ4n) is 3.81. The van der Waals surface area contributed by atoms with Gasteiger partial charge in [-0.05, 0) is 54.3 Å². The Kier molecular flexibility index (Phi) is 5.72. The first-order chi connectivity index (χ1) is 16.2. The summed E-state index contributed by atoms with van der Waals surface area (Å²) in [6.07, 6.45) is 6.62. The van der Waals surface area contributed by atoms with Crippen LogP contribution >= 0.6 is 0 Å². The van der Waals surface area contributed by atoms with Crippen LogP contribution in [0.15, 0.2) is 102 Å². The second-order valence-corrected chi connectivity index (χ2v) is 8.04. The molecule has 1 atom stereocenters. The molecule has 1 saturated carbocycles. The Bertz CT molecular complexity index is 1220. The number of carbonyl (C=O) groups excluding carboxylic acids is 2. The van der Waals surface area contributed by atoms with E-state index in [1.165, 1.54) is 11.2 Å². The van der Waals surface area contributed by atoms with Gasteiger partial charge in [-0.25, -0.2) is 0 Å². The minimum absolute atomic E-state index is 0.151. The molecule has 0 aliphatic heterocycles. The number of furan rings is 1. The van der Waals surface area contributed by atoms with Crippen molar-refractivity contribution < 1.29 is 14.0 Å². The molecule has 6 nitrogen and oxygen atoms in total. The van der Waals surface area contributed by atoms with Gasteiger partial charge >= 0.3 is 0 Å². The topological polar surface area (TPSA) is 75.4 Å². The van der Waals surface area contributed by atoms with Crippen molar-refractivity contribution in [1.29, 1.82) is 0 Å². The average molecular weight is 437 g/mol. The lowest BCUT2D eigenvalue weighted by molar-refractivity contribution is -0.122. The maximum Gasteiger partial charge on any atom is 0.294 e. The van der Waals surface area contributed by atoms with Crippen LogP contribution in [0.4, 0.5) is 5.69 Å². The Hall–Kier alpha value is -4.19. The number of anilines is 1. The van der Waals surface area contributed by atoms with E-state index in [1.54, 1.807) is 30.6 Å². The maximum absolute atomic E-state index is 13.6. The van der Waals surface area contributed by atoms with Gasteiger partial charge in [0.15, 0.2) is 5.76 Å². The van der Waals surface area contributed by atoms with Crippen LogP contribution < -0.4 is 10.2 Å². The zero-order valence-electron chi connectivity index (χ0n) is 17.9. The summed E-state index contributed by atoms with van der Waals surface area (Å²) in [6.45, 7) is 0. The van der Waals surface area contributed by atoms with Gasteiger partial charge < -0.3 is 9.73 Å². The number of hydrogen-bond acceptors (Lipinski definition) is 4. The van der Waals surface area contributed by atoms with Crippen molar-refractivity contribution in [3.8, 4) is 11.1 Å². The molecule has 0 spiro atoms. The average Bonchev–Trinajstić information content (AvgIpc) is 3.50. The SMILES string of the molecule is O=C(NC1CC1)C(c1cccnc1)N(C(=O)c1ccco1)c1ccc(-c2ccccc2)cc1. The number of pyridine rings is 1. The summed E-state index contributed by atoms with van der Waals surface area (Å²) in [4.78, 5) is 32.7. The smallest absolute Gasteiger partial charge is 0.294 e. The van der Waals surface area contributed by atoms with E-state index >= 15 is 0 Å². The molecular weight excluding hydrogens is 414 g/mol. The highest BCUT2D eigenvalue weighted by atomic mass is 16.3. The standard InChI is InChI=1S/C27H23N3O3/c31-26(29-22-12-13-22)25(21-8-4-16-28-18-21)30(27(32)24-9-5-17-33-24)23-14-10-20(11-15-23)19-6-2-1-3-7-19/h1-11,14-18,22,25H,12-13H2,(H,29,31). The van der Waals surface area contributed by atoms with E-state index in [0.29, 0.717) is 11.3 Å². The monoisotopic (exact) mass is 437 g/mol. The molecule has 2 amide bonds. The Morgan fingerprint density at radius 2 is 1.67 bits per heavy atom. The van der Waals surface area contributed by atoms with E-state index in [9.17, 15) is 9.59 Å². The van der Waals surface area contributed by atoms with Crippen LogP contribution in [0.25, 0.3) is 11.1 Å². The molecule has 0 radical (unpaired) electrons. The van der Waals surface area contributed by atoms with Gasteiger partial charge in [-0.15, -0.1) is 0 Å². The van der Waals surface area contributed by atoms with E-state index in [2.05, 4.69) is 10.3 Å². The Balaban J connectivity index is 1.58. The van der Waals surface area contributed by atoms with Crippen LogP contribution in [0.1, 0.15) is 35.0 Å². The van der Waals surface area contributed by atoms with E-state index in [1.807, 2.05) is 60.7 Å². The normalized spacial score (nSPS) is 13.8. The van der Waals surface area contributed by atoms with Gasteiger partial charge in [0.1, 0.15) is 6.04 Å². The number of benzene rings is 2. The summed E-state index contributed by atoms with van der Waals surface area (Å²) in [7, 11) is 0. The van der Waals surface area contributed by atoms with E-state index in [4.69, 9.17) is 4.42 Å². The lowest BCUT2D eigenvalue weighted by Gasteiger charge is -2.31. The molecule has 4 aromatic rings. The van der Waals surface area contributed by atoms with Gasteiger partial charge in [0.25, 0.3) is 5.91 Å². The molecule has 0 bridgehead atoms. The quantitative estimate of drug-likeness (QED) is 0.441. The number of nitrogens with zero attached hydrogens (tertiary/aromatic N) is 2. The summed E-state index contributed by atoms with van der Waals surface area (Å²) in [5.74, 6) is -0.472. The number of carbonyl (C=O) groups is 2. The first kappa shape index (κ1) is 20.7. The van der Waals surface area contributed by atoms with Crippen LogP contribution in [-0.4, -0.2) is 22.8 Å². The lowest BCUT2D eigenvalue weighted by atomic mass is 10.0. The minimum Gasteiger partial charge on any atom is -0.459 e. The van der Waals surface area contributed by atoms with Gasteiger partial charge in [0.2, 0.25) is 5.91 Å². The van der Waals surface area contributed by atoms with Crippen molar-refractivity contribution in [2.45, 2.75) is 24.9 Å². The molecule has 2 aromatic carbocycles. The van der Waals surface area contributed by atoms with E-state index in [0.717, 1.165) is 24.0 Å². The fourth-order valence-corrected chi connectivity index (χ4v) is 3.81. The number of nitrogens with one attached hydrogen (secondary N) is 1. The van der Waals surface area contributed by atoms with Crippen LogP contribution in [0.2, 0.25) is 0 Å². The summed E-state index contributed by atoms with van der Waals surface area (Å²) >= 11 is 0. The molecule has 0 saturated heterocycles. The zero-order valence-corrected chi connectivity index (χ0v) is 17.9. The molecule has 1 aliphatic carbocycles. The Morgan fingerprint density at radius 3 is 2.30 bits per heavy atom. The summed E-state index contributed by atoms with van der Waals surface area (Å²) in [6, 6.07) is 23.7. The molecular formula is C27H23N3O3. The van der Waals surface area contributed by atoms with Crippen molar-refractivity contribution >= 4 is 17.5 Å². The van der Waals surface area contributed by atoms with Crippen LogP contribution in [0.3, 0.4) is 0 Å².